The highest BCUT2D eigenvalue weighted by atomic mass is 35.5. The number of aromatic nitrogens is 1. The van der Waals surface area contributed by atoms with Crippen LogP contribution in [0.5, 0.6) is 11.5 Å². The Morgan fingerprint density at radius 2 is 2.04 bits per heavy atom. The molecular formula is C19H15ClN2O3S. The van der Waals surface area contributed by atoms with Gasteiger partial charge in [-0.05, 0) is 30.3 Å². The van der Waals surface area contributed by atoms with Crippen LogP contribution in [0, 0.1) is 12.3 Å². The van der Waals surface area contributed by atoms with E-state index in [-0.39, 0.29) is 6.54 Å². The Morgan fingerprint density at radius 1 is 1.27 bits per heavy atom. The van der Waals surface area contributed by atoms with E-state index >= 15 is 0 Å². The third-order valence-electron chi connectivity index (χ3n) is 3.73. The number of carbonyl (C=O) groups is 1. The van der Waals surface area contributed by atoms with Gasteiger partial charge in [-0.15, -0.1) is 6.42 Å². The normalized spacial score (nSPS) is 11.4. The minimum Gasteiger partial charge on any atom is -0.493 e. The number of ether oxygens (including phenoxy) is 2. The van der Waals surface area contributed by atoms with Gasteiger partial charge in [-0.1, -0.05) is 34.9 Å². The average molecular weight is 387 g/mol. The second-order valence-corrected chi connectivity index (χ2v) is 6.66. The van der Waals surface area contributed by atoms with Crippen LogP contribution in [0.15, 0.2) is 41.4 Å². The van der Waals surface area contributed by atoms with Crippen molar-refractivity contribution in [1.29, 1.82) is 0 Å². The maximum Gasteiger partial charge on any atom is 0.279 e. The molecule has 0 radical (unpaired) electrons. The van der Waals surface area contributed by atoms with Crippen molar-refractivity contribution in [2.24, 2.45) is 4.99 Å². The Morgan fingerprint density at radius 3 is 2.73 bits per heavy atom. The van der Waals surface area contributed by atoms with Gasteiger partial charge >= 0.3 is 0 Å². The first-order valence-corrected chi connectivity index (χ1v) is 8.81. The van der Waals surface area contributed by atoms with Gasteiger partial charge in [0, 0.05) is 5.56 Å². The monoisotopic (exact) mass is 386 g/mol. The summed E-state index contributed by atoms with van der Waals surface area (Å²) >= 11 is 7.66. The van der Waals surface area contributed by atoms with Crippen molar-refractivity contribution < 1.29 is 14.3 Å². The molecule has 26 heavy (non-hydrogen) atoms. The predicted molar refractivity (Wildman–Crippen MR) is 103 cm³/mol. The molecule has 0 saturated carbocycles. The molecule has 1 amide bonds. The van der Waals surface area contributed by atoms with Crippen LogP contribution in [0.1, 0.15) is 10.4 Å². The molecule has 0 aliphatic carbocycles. The van der Waals surface area contributed by atoms with Gasteiger partial charge in [0.1, 0.15) is 0 Å². The number of nitrogens with zero attached hydrogens (tertiary/aromatic N) is 2. The van der Waals surface area contributed by atoms with Crippen molar-refractivity contribution in [3.8, 4) is 23.8 Å². The maximum absolute atomic E-state index is 12.6. The highest BCUT2D eigenvalue weighted by Crippen LogP contribution is 2.28. The van der Waals surface area contributed by atoms with Crippen LogP contribution < -0.4 is 14.3 Å². The zero-order valence-corrected chi connectivity index (χ0v) is 15.7. The molecule has 0 aliphatic rings. The molecule has 0 bridgehead atoms. The number of carbonyl (C=O) groups excluding carboxylic acids is 1. The maximum atomic E-state index is 12.6. The van der Waals surface area contributed by atoms with Crippen LogP contribution in [0.25, 0.3) is 10.2 Å². The standard InChI is InChI=1S/C19H15ClN2O3S/c1-4-10-22-17-13(20)6-5-7-16(17)26-19(22)21-18(23)12-8-9-14(24-2)15(11-12)25-3/h1,5-9,11H,10H2,2-3H3. The smallest absolute Gasteiger partial charge is 0.279 e. The molecule has 0 atom stereocenters. The number of hydrogen-bond donors (Lipinski definition) is 0. The van der Waals surface area contributed by atoms with Crippen molar-refractivity contribution in [1.82, 2.24) is 4.57 Å². The highest BCUT2D eigenvalue weighted by molar-refractivity contribution is 7.16. The molecule has 1 aromatic heterocycles. The third kappa shape index (κ3) is 3.32. The van der Waals surface area contributed by atoms with Gasteiger partial charge in [-0.25, -0.2) is 0 Å². The van der Waals surface area contributed by atoms with Crippen molar-refractivity contribution in [2.45, 2.75) is 6.54 Å². The molecule has 0 aliphatic heterocycles. The molecule has 2 aromatic carbocycles. The topological polar surface area (TPSA) is 52.8 Å². The second kappa shape index (κ2) is 7.65. The van der Waals surface area contributed by atoms with Gasteiger partial charge in [0.25, 0.3) is 5.91 Å². The molecule has 3 aromatic rings. The van der Waals surface area contributed by atoms with Gasteiger partial charge in [0.15, 0.2) is 16.3 Å². The lowest BCUT2D eigenvalue weighted by Gasteiger charge is -2.07. The summed E-state index contributed by atoms with van der Waals surface area (Å²) < 4.78 is 13.1. The van der Waals surface area contributed by atoms with E-state index in [9.17, 15) is 4.79 Å². The Bertz CT molecular complexity index is 1090. The van der Waals surface area contributed by atoms with Gasteiger partial charge in [0.2, 0.25) is 0 Å². The van der Waals surface area contributed by atoms with Gasteiger partial charge in [-0.2, -0.15) is 4.99 Å². The predicted octanol–water partition coefficient (Wildman–Crippen LogP) is 3.75. The number of benzene rings is 2. The average Bonchev–Trinajstić information content (AvgIpc) is 3.00. The minimum absolute atomic E-state index is 0.266. The lowest BCUT2D eigenvalue weighted by molar-refractivity contribution is 0.0997. The number of rotatable bonds is 4. The van der Waals surface area contributed by atoms with E-state index in [4.69, 9.17) is 27.5 Å². The summed E-state index contributed by atoms with van der Waals surface area (Å²) in [6.45, 7) is 0.266. The van der Waals surface area contributed by atoms with Gasteiger partial charge in [-0.3, -0.25) is 4.79 Å². The quantitative estimate of drug-likeness (QED) is 0.642. The van der Waals surface area contributed by atoms with E-state index in [1.165, 1.54) is 25.6 Å². The Balaban J connectivity index is 2.13. The molecule has 132 valence electrons. The summed E-state index contributed by atoms with van der Waals surface area (Å²) in [6, 6.07) is 10.4. The molecule has 1 heterocycles. The fourth-order valence-electron chi connectivity index (χ4n) is 2.53. The Labute approximate surface area is 159 Å². The van der Waals surface area contributed by atoms with Crippen LogP contribution in [0.2, 0.25) is 5.02 Å². The van der Waals surface area contributed by atoms with Gasteiger partial charge in [0.05, 0.1) is 36.0 Å². The number of para-hydroxylation sites is 1. The van der Waals surface area contributed by atoms with E-state index in [0.717, 1.165) is 10.2 Å². The molecule has 5 nitrogen and oxygen atoms in total. The molecule has 3 rings (SSSR count). The lowest BCUT2D eigenvalue weighted by Crippen LogP contribution is -2.16. The largest absolute Gasteiger partial charge is 0.493 e. The van der Waals surface area contributed by atoms with E-state index in [1.807, 2.05) is 12.1 Å². The number of halogens is 1. The van der Waals surface area contributed by atoms with Crippen LogP contribution in [0.3, 0.4) is 0 Å². The fourth-order valence-corrected chi connectivity index (χ4v) is 3.92. The van der Waals surface area contributed by atoms with Crippen LogP contribution in [-0.2, 0) is 6.54 Å². The van der Waals surface area contributed by atoms with Crippen molar-refractivity contribution in [3.63, 3.8) is 0 Å². The Kier molecular flexibility index (Phi) is 5.31. The number of methoxy groups -OCH3 is 2. The van der Waals surface area contributed by atoms with Crippen molar-refractivity contribution in [2.75, 3.05) is 14.2 Å². The number of hydrogen-bond acceptors (Lipinski definition) is 4. The zero-order valence-electron chi connectivity index (χ0n) is 14.2. The van der Waals surface area contributed by atoms with Crippen LogP contribution in [0.4, 0.5) is 0 Å². The fraction of sp³-hybridized carbons (Fsp3) is 0.158. The molecule has 0 spiro atoms. The summed E-state index contributed by atoms with van der Waals surface area (Å²) in [5.41, 5.74) is 1.16. The van der Waals surface area contributed by atoms with E-state index < -0.39 is 5.91 Å². The molecule has 0 N–H and O–H groups in total. The first-order valence-electron chi connectivity index (χ1n) is 7.61. The van der Waals surface area contributed by atoms with E-state index in [1.54, 1.807) is 28.8 Å². The number of thiazole rings is 1. The first-order chi connectivity index (χ1) is 12.6. The molecule has 0 saturated heterocycles. The molecular weight excluding hydrogens is 372 g/mol. The lowest BCUT2D eigenvalue weighted by atomic mass is 10.2. The van der Waals surface area contributed by atoms with E-state index in [2.05, 4.69) is 10.9 Å². The summed E-state index contributed by atoms with van der Waals surface area (Å²) in [5, 5.41) is 0.564. The molecule has 7 heteroatoms. The number of fused-ring (bicyclic) bond motifs is 1. The zero-order chi connectivity index (χ0) is 18.7. The number of terminal acetylenes is 1. The van der Waals surface area contributed by atoms with Gasteiger partial charge < -0.3 is 14.0 Å². The van der Waals surface area contributed by atoms with Crippen molar-refractivity contribution >= 4 is 39.1 Å². The van der Waals surface area contributed by atoms with Crippen molar-refractivity contribution in [3.05, 3.63) is 51.8 Å². The van der Waals surface area contributed by atoms with Crippen LogP contribution >= 0.6 is 22.9 Å². The number of amides is 1. The minimum atomic E-state index is -0.403. The SMILES string of the molecule is C#CCn1c(=NC(=O)c2ccc(OC)c(OC)c2)sc2cccc(Cl)c21. The molecule has 0 unspecified atom stereocenters. The highest BCUT2D eigenvalue weighted by Gasteiger charge is 2.13. The summed E-state index contributed by atoms with van der Waals surface area (Å²) in [4.78, 5) is 17.4. The third-order valence-corrected chi connectivity index (χ3v) is 5.08. The summed E-state index contributed by atoms with van der Waals surface area (Å²) in [6.07, 6.45) is 5.48. The molecule has 0 fully saturated rings. The Hall–Kier alpha value is -2.75. The van der Waals surface area contributed by atoms with Crippen LogP contribution in [-0.4, -0.2) is 24.7 Å². The first kappa shape index (κ1) is 18.1. The summed E-state index contributed by atoms with van der Waals surface area (Å²) in [5.74, 6) is 3.18. The summed E-state index contributed by atoms with van der Waals surface area (Å²) in [7, 11) is 3.05. The second-order valence-electron chi connectivity index (χ2n) is 5.25. The van der Waals surface area contributed by atoms with E-state index in [0.29, 0.717) is 26.9 Å².